The maximum atomic E-state index is 11.9. The number of carbonyl (C=O) groups is 2. The molecule has 1 aromatic heterocycles. The van der Waals surface area contributed by atoms with Crippen molar-refractivity contribution in [2.75, 3.05) is 0 Å². The number of hydrogen-bond acceptors (Lipinski definition) is 6. The summed E-state index contributed by atoms with van der Waals surface area (Å²) in [5.74, 6) is -0.358. The van der Waals surface area contributed by atoms with Gasteiger partial charge in [-0.1, -0.05) is 53.4 Å². The predicted molar refractivity (Wildman–Crippen MR) is 86.8 cm³/mol. The molecule has 1 atom stereocenters. The van der Waals surface area contributed by atoms with Gasteiger partial charge >= 0.3 is 6.03 Å². The second-order valence-electron chi connectivity index (χ2n) is 4.50. The number of thioether (sulfide) groups is 1. The van der Waals surface area contributed by atoms with Gasteiger partial charge in [0, 0.05) is 6.54 Å². The fraction of sp³-hybridized carbons (Fsp3) is 0.286. The average molecular weight is 336 g/mol. The molecule has 116 valence electrons. The van der Waals surface area contributed by atoms with Gasteiger partial charge in [-0.2, -0.15) is 0 Å². The van der Waals surface area contributed by atoms with E-state index in [1.165, 1.54) is 23.1 Å². The first-order valence-electron chi connectivity index (χ1n) is 6.64. The minimum atomic E-state index is -0.505. The SMILES string of the molecule is Cc1nnc(SC(C)C(=O)NC(=O)NCc2ccccc2)s1. The fourth-order valence-corrected chi connectivity index (χ4v) is 3.53. The highest BCUT2D eigenvalue weighted by Gasteiger charge is 2.18. The Labute approximate surface area is 136 Å². The van der Waals surface area contributed by atoms with Gasteiger partial charge in [-0.25, -0.2) is 4.79 Å². The van der Waals surface area contributed by atoms with Crippen LogP contribution in [-0.4, -0.2) is 27.4 Å². The highest BCUT2D eigenvalue weighted by atomic mass is 32.2. The largest absolute Gasteiger partial charge is 0.334 e. The molecule has 0 aliphatic rings. The zero-order chi connectivity index (χ0) is 15.9. The third-order valence-corrected chi connectivity index (χ3v) is 4.71. The third-order valence-electron chi connectivity index (χ3n) is 2.69. The standard InChI is InChI=1S/C14H16N4O2S2/c1-9(21-14-18-17-10(2)22-14)12(19)16-13(20)15-8-11-6-4-3-5-7-11/h3-7,9H,8H2,1-2H3,(H2,15,16,19,20). The van der Waals surface area contributed by atoms with E-state index in [9.17, 15) is 9.59 Å². The lowest BCUT2D eigenvalue weighted by atomic mass is 10.2. The van der Waals surface area contributed by atoms with Crippen molar-refractivity contribution in [2.45, 2.75) is 30.0 Å². The van der Waals surface area contributed by atoms with Crippen LogP contribution in [0.1, 0.15) is 17.5 Å². The minimum absolute atomic E-state index is 0.358. The van der Waals surface area contributed by atoms with Crippen molar-refractivity contribution in [2.24, 2.45) is 0 Å². The molecule has 2 aromatic rings. The molecule has 0 aliphatic carbocycles. The molecular weight excluding hydrogens is 320 g/mol. The Morgan fingerprint density at radius 3 is 2.64 bits per heavy atom. The summed E-state index contributed by atoms with van der Waals surface area (Å²) in [6.07, 6.45) is 0. The zero-order valence-electron chi connectivity index (χ0n) is 12.2. The zero-order valence-corrected chi connectivity index (χ0v) is 13.8. The van der Waals surface area contributed by atoms with E-state index in [1.54, 1.807) is 6.92 Å². The molecule has 1 aromatic carbocycles. The topological polar surface area (TPSA) is 84.0 Å². The Kier molecular flexibility index (Phi) is 5.91. The summed E-state index contributed by atoms with van der Waals surface area (Å²) >= 11 is 2.70. The Balaban J connectivity index is 1.76. The van der Waals surface area contributed by atoms with Crippen LogP contribution in [0.15, 0.2) is 34.7 Å². The average Bonchev–Trinajstić information content (AvgIpc) is 2.91. The highest BCUT2D eigenvalue weighted by Crippen LogP contribution is 2.26. The summed E-state index contributed by atoms with van der Waals surface area (Å²) < 4.78 is 0.713. The van der Waals surface area contributed by atoms with Gasteiger partial charge in [0.1, 0.15) is 5.01 Å². The summed E-state index contributed by atoms with van der Waals surface area (Å²) in [5, 5.41) is 13.2. The van der Waals surface area contributed by atoms with E-state index < -0.39 is 11.3 Å². The van der Waals surface area contributed by atoms with Crippen LogP contribution in [0.2, 0.25) is 0 Å². The molecule has 0 aliphatic heterocycles. The molecular formula is C14H16N4O2S2. The smallest absolute Gasteiger partial charge is 0.321 e. The Morgan fingerprint density at radius 1 is 1.27 bits per heavy atom. The summed E-state index contributed by atoms with van der Waals surface area (Å²) in [4.78, 5) is 23.6. The van der Waals surface area contributed by atoms with E-state index in [0.29, 0.717) is 10.9 Å². The molecule has 22 heavy (non-hydrogen) atoms. The molecule has 3 amide bonds. The fourth-order valence-electron chi connectivity index (χ4n) is 1.57. The molecule has 0 fully saturated rings. The van der Waals surface area contributed by atoms with E-state index in [0.717, 1.165) is 10.6 Å². The van der Waals surface area contributed by atoms with Crippen LogP contribution in [0.25, 0.3) is 0 Å². The van der Waals surface area contributed by atoms with E-state index >= 15 is 0 Å². The molecule has 6 nitrogen and oxygen atoms in total. The molecule has 0 saturated carbocycles. The first-order chi connectivity index (χ1) is 10.5. The number of rotatable bonds is 5. The van der Waals surface area contributed by atoms with Crippen LogP contribution in [0.4, 0.5) is 4.79 Å². The van der Waals surface area contributed by atoms with Crippen LogP contribution in [0, 0.1) is 6.92 Å². The second-order valence-corrected chi connectivity index (χ2v) is 7.27. The van der Waals surface area contributed by atoms with Gasteiger partial charge in [0.15, 0.2) is 4.34 Å². The first-order valence-corrected chi connectivity index (χ1v) is 8.33. The number of benzene rings is 1. The molecule has 1 unspecified atom stereocenters. The van der Waals surface area contributed by atoms with Crippen molar-refractivity contribution < 1.29 is 9.59 Å². The number of aromatic nitrogens is 2. The maximum absolute atomic E-state index is 11.9. The molecule has 0 saturated heterocycles. The third kappa shape index (κ3) is 5.12. The molecule has 0 radical (unpaired) electrons. The van der Waals surface area contributed by atoms with E-state index in [4.69, 9.17) is 0 Å². The summed E-state index contributed by atoms with van der Waals surface area (Å²) in [6.45, 7) is 3.95. The first kappa shape index (κ1) is 16.4. The number of nitrogens with zero attached hydrogens (tertiary/aromatic N) is 2. The van der Waals surface area contributed by atoms with Crippen LogP contribution in [0.5, 0.6) is 0 Å². The monoisotopic (exact) mass is 336 g/mol. The van der Waals surface area contributed by atoms with Crippen LogP contribution in [-0.2, 0) is 11.3 Å². The van der Waals surface area contributed by atoms with Crippen molar-refractivity contribution in [1.82, 2.24) is 20.8 Å². The van der Waals surface area contributed by atoms with Gasteiger partial charge in [0.05, 0.1) is 5.25 Å². The van der Waals surface area contributed by atoms with Crippen molar-refractivity contribution in [1.29, 1.82) is 0 Å². The van der Waals surface area contributed by atoms with Gasteiger partial charge in [-0.15, -0.1) is 10.2 Å². The number of aryl methyl sites for hydroxylation is 1. The minimum Gasteiger partial charge on any atom is -0.334 e. The van der Waals surface area contributed by atoms with E-state index in [2.05, 4.69) is 20.8 Å². The molecule has 8 heteroatoms. The quantitative estimate of drug-likeness (QED) is 0.819. The second kappa shape index (κ2) is 7.90. The maximum Gasteiger partial charge on any atom is 0.321 e. The number of amides is 3. The Morgan fingerprint density at radius 2 is 2.00 bits per heavy atom. The van der Waals surface area contributed by atoms with Crippen LogP contribution >= 0.6 is 23.1 Å². The van der Waals surface area contributed by atoms with Crippen molar-refractivity contribution in [3.05, 3.63) is 40.9 Å². The van der Waals surface area contributed by atoms with E-state index in [-0.39, 0.29) is 5.91 Å². The van der Waals surface area contributed by atoms with Crippen LogP contribution < -0.4 is 10.6 Å². The molecule has 1 heterocycles. The Bertz CT molecular complexity index is 645. The van der Waals surface area contributed by atoms with Gasteiger partial charge in [0.2, 0.25) is 5.91 Å². The number of nitrogens with one attached hydrogen (secondary N) is 2. The van der Waals surface area contributed by atoms with Gasteiger partial charge in [-0.3, -0.25) is 10.1 Å². The number of hydrogen-bond donors (Lipinski definition) is 2. The molecule has 2 rings (SSSR count). The van der Waals surface area contributed by atoms with E-state index in [1.807, 2.05) is 37.3 Å². The molecule has 0 spiro atoms. The predicted octanol–water partition coefficient (Wildman–Crippen LogP) is 2.35. The van der Waals surface area contributed by atoms with Gasteiger partial charge in [-0.05, 0) is 19.4 Å². The summed E-state index contributed by atoms with van der Waals surface area (Å²) in [5.41, 5.74) is 0.969. The normalized spacial score (nSPS) is 11.7. The van der Waals surface area contributed by atoms with Crippen LogP contribution in [0.3, 0.4) is 0 Å². The number of carbonyl (C=O) groups excluding carboxylic acids is 2. The lowest BCUT2D eigenvalue weighted by molar-refractivity contribution is -0.119. The lowest BCUT2D eigenvalue weighted by Gasteiger charge is -2.10. The number of imide groups is 1. The van der Waals surface area contributed by atoms with Crippen molar-refractivity contribution >= 4 is 35.0 Å². The van der Waals surface area contributed by atoms with Gasteiger partial charge < -0.3 is 5.32 Å². The highest BCUT2D eigenvalue weighted by molar-refractivity contribution is 8.02. The summed E-state index contributed by atoms with van der Waals surface area (Å²) in [7, 11) is 0. The molecule has 2 N–H and O–H groups in total. The number of urea groups is 1. The van der Waals surface area contributed by atoms with Crippen molar-refractivity contribution in [3.63, 3.8) is 0 Å². The van der Waals surface area contributed by atoms with Gasteiger partial charge in [0.25, 0.3) is 0 Å². The summed E-state index contributed by atoms with van der Waals surface area (Å²) in [6, 6.07) is 8.98. The molecule has 0 bridgehead atoms. The van der Waals surface area contributed by atoms with Crippen molar-refractivity contribution in [3.8, 4) is 0 Å². The Hall–Kier alpha value is -1.93. The lowest BCUT2D eigenvalue weighted by Crippen LogP contribution is -2.42.